The van der Waals surface area contributed by atoms with Crippen LogP contribution in [0.2, 0.25) is 0 Å². The summed E-state index contributed by atoms with van der Waals surface area (Å²) in [6, 6.07) is 13.5. The van der Waals surface area contributed by atoms with Crippen LogP contribution in [-0.2, 0) is 4.74 Å². The van der Waals surface area contributed by atoms with Crippen molar-refractivity contribution >= 4 is 34.1 Å². The first-order valence-corrected chi connectivity index (χ1v) is 11.3. The number of H-pyrrole nitrogens is 2. The Morgan fingerprint density at radius 1 is 1.00 bits per heavy atom. The summed E-state index contributed by atoms with van der Waals surface area (Å²) in [6.45, 7) is 2.04. The summed E-state index contributed by atoms with van der Waals surface area (Å²) in [4.78, 5) is 43.3. The number of hydrogen-bond acceptors (Lipinski definition) is 8. The van der Waals surface area contributed by atoms with Gasteiger partial charge in [-0.1, -0.05) is 12.1 Å². The van der Waals surface area contributed by atoms with Crippen LogP contribution >= 0.6 is 0 Å². The Hall–Kier alpha value is -5.06. The van der Waals surface area contributed by atoms with Crippen molar-refractivity contribution in [1.82, 2.24) is 14.6 Å². The lowest BCUT2D eigenvalue weighted by Crippen LogP contribution is -2.32. The summed E-state index contributed by atoms with van der Waals surface area (Å²) >= 11 is 0. The third-order valence-electron chi connectivity index (χ3n) is 5.74. The first-order chi connectivity index (χ1) is 17.9. The number of aromatic amines is 2. The molecule has 0 aliphatic rings. The number of ether oxygens (including phenoxy) is 3. The third-order valence-corrected chi connectivity index (χ3v) is 5.74. The zero-order valence-electron chi connectivity index (χ0n) is 20.2. The zero-order valence-corrected chi connectivity index (χ0v) is 20.2. The average Bonchev–Trinajstić information content (AvgIpc) is 3.52. The van der Waals surface area contributed by atoms with Crippen LogP contribution < -0.4 is 20.7 Å². The molecule has 0 bridgehead atoms. The fraction of sp³-hybridized carbons (Fsp3) is 0.154. The van der Waals surface area contributed by atoms with Gasteiger partial charge in [0.25, 0.3) is 0 Å². The number of aromatic nitrogens is 3. The summed E-state index contributed by atoms with van der Waals surface area (Å²) in [5.41, 5.74) is 0.908. The molecule has 0 fully saturated rings. The fourth-order valence-corrected chi connectivity index (χ4v) is 3.95. The van der Waals surface area contributed by atoms with Crippen LogP contribution in [0.3, 0.4) is 0 Å². The Morgan fingerprint density at radius 3 is 2.43 bits per heavy atom. The van der Waals surface area contributed by atoms with Gasteiger partial charge in [-0.15, -0.1) is 4.68 Å². The number of methoxy groups -OCH3 is 2. The summed E-state index contributed by atoms with van der Waals surface area (Å²) < 4.78 is 22.1. The molecule has 0 aliphatic carbocycles. The molecule has 0 unspecified atom stereocenters. The quantitative estimate of drug-likeness (QED) is 0.256. The van der Waals surface area contributed by atoms with Crippen LogP contribution in [0.15, 0.2) is 67.6 Å². The highest BCUT2D eigenvalue weighted by Crippen LogP contribution is 2.34. The molecular weight excluding hydrogens is 480 g/mol. The highest BCUT2D eigenvalue weighted by molar-refractivity contribution is 6.05. The first-order valence-electron chi connectivity index (χ1n) is 11.3. The topological polar surface area (TPSA) is 141 Å². The minimum atomic E-state index is -0.717. The lowest BCUT2D eigenvalue weighted by Gasteiger charge is -2.06. The molecule has 0 atom stereocenters. The van der Waals surface area contributed by atoms with E-state index in [2.05, 4.69) is 15.1 Å². The molecular formula is C26H22N4O7. The van der Waals surface area contributed by atoms with Gasteiger partial charge < -0.3 is 28.6 Å². The number of fused-ring (bicyclic) bond motifs is 3. The van der Waals surface area contributed by atoms with Crippen molar-refractivity contribution in [3.8, 4) is 22.8 Å². The number of nitrogens with one attached hydrogen (secondary N) is 2. The van der Waals surface area contributed by atoms with Crippen LogP contribution in [0.5, 0.6) is 11.5 Å². The molecule has 0 saturated carbocycles. The van der Waals surface area contributed by atoms with Crippen LogP contribution in [0.25, 0.3) is 33.3 Å². The average molecular weight is 502 g/mol. The number of benzene rings is 2. The number of rotatable bonds is 7. The van der Waals surface area contributed by atoms with Crippen LogP contribution in [0, 0.1) is 0 Å². The van der Waals surface area contributed by atoms with Crippen LogP contribution in [0.1, 0.15) is 23.0 Å². The van der Waals surface area contributed by atoms with E-state index in [1.165, 1.54) is 20.4 Å². The predicted molar refractivity (Wildman–Crippen MR) is 137 cm³/mol. The molecule has 0 saturated heterocycles. The number of nitrogens with zero attached hydrogens (tertiary/aromatic N) is 2. The maximum atomic E-state index is 13.1. The second-order valence-corrected chi connectivity index (χ2v) is 7.92. The molecule has 11 nitrogen and oxygen atoms in total. The molecule has 11 heteroatoms. The van der Waals surface area contributed by atoms with E-state index in [9.17, 15) is 14.4 Å². The summed E-state index contributed by atoms with van der Waals surface area (Å²) in [5.74, 6) is 1.38. The molecule has 2 N–H and O–H groups in total. The highest BCUT2D eigenvalue weighted by Gasteiger charge is 2.16. The van der Waals surface area contributed by atoms with E-state index < -0.39 is 17.2 Å². The van der Waals surface area contributed by atoms with Gasteiger partial charge in [-0.3, -0.25) is 4.79 Å². The van der Waals surface area contributed by atoms with E-state index in [1.807, 2.05) is 0 Å². The predicted octanol–water partition coefficient (Wildman–Crippen LogP) is 3.51. The number of carbonyl (C=O) groups excluding carboxylic acids is 1. The number of furan rings is 1. The number of esters is 1. The lowest BCUT2D eigenvalue weighted by atomic mass is 10.1. The van der Waals surface area contributed by atoms with Crippen molar-refractivity contribution in [2.75, 3.05) is 20.8 Å². The lowest BCUT2D eigenvalue weighted by molar-refractivity contribution is 0.0526. The zero-order chi connectivity index (χ0) is 26.1. The molecule has 37 heavy (non-hydrogen) atoms. The van der Waals surface area contributed by atoms with Gasteiger partial charge in [-0.2, -0.15) is 5.10 Å². The Morgan fingerprint density at radius 2 is 1.73 bits per heavy atom. The summed E-state index contributed by atoms with van der Waals surface area (Å²) in [5, 5.41) is 4.64. The standard InChI is InChI=1S/C26H22N4O7/c1-4-36-25(32)15-7-5-14(6-8-15)19-10-9-16(37-19)13-27-30-24(31)23-22(29-26(30)33)17-11-20(34-2)21(35-3)12-18(17)28-23/h5-13,28H,4H2,1-3H3,(H,29,33)/b27-13-. The summed E-state index contributed by atoms with van der Waals surface area (Å²) in [6.07, 6.45) is 1.27. The largest absolute Gasteiger partial charge is 0.493 e. The first kappa shape index (κ1) is 23.7. The van der Waals surface area contributed by atoms with Gasteiger partial charge in [0, 0.05) is 17.0 Å². The number of hydrogen-bond donors (Lipinski definition) is 2. The Bertz CT molecular complexity index is 1770. The van der Waals surface area contributed by atoms with Crippen molar-refractivity contribution in [2.45, 2.75) is 6.92 Å². The molecule has 0 amide bonds. The fourth-order valence-electron chi connectivity index (χ4n) is 3.95. The molecule has 0 aliphatic heterocycles. The normalized spacial score (nSPS) is 11.4. The van der Waals surface area contributed by atoms with Gasteiger partial charge in [0.1, 0.15) is 17.0 Å². The van der Waals surface area contributed by atoms with Crippen molar-refractivity contribution < 1.29 is 23.4 Å². The Labute approximate surface area is 208 Å². The SMILES string of the molecule is CCOC(=O)c1ccc(-c2ccc(/C=N\n3c(=O)[nH]c4c([nH]c5cc(OC)c(OC)cc54)c3=O)o2)cc1. The van der Waals surface area contributed by atoms with Gasteiger partial charge in [0.05, 0.1) is 43.6 Å². The van der Waals surface area contributed by atoms with E-state index in [0.717, 1.165) is 5.56 Å². The van der Waals surface area contributed by atoms with Gasteiger partial charge in [0.2, 0.25) is 0 Å². The van der Waals surface area contributed by atoms with Gasteiger partial charge in [-0.25, -0.2) is 9.59 Å². The van der Waals surface area contributed by atoms with Gasteiger partial charge in [0.15, 0.2) is 11.5 Å². The highest BCUT2D eigenvalue weighted by atomic mass is 16.5. The Kier molecular flexibility index (Phi) is 6.10. The molecule has 3 heterocycles. The molecule has 5 rings (SSSR count). The van der Waals surface area contributed by atoms with E-state index in [1.54, 1.807) is 55.5 Å². The van der Waals surface area contributed by atoms with Crippen molar-refractivity contribution in [1.29, 1.82) is 0 Å². The summed E-state index contributed by atoms with van der Waals surface area (Å²) in [7, 11) is 3.01. The van der Waals surface area contributed by atoms with Crippen molar-refractivity contribution in [3.63, 3.8) is 0 Å². The maximum absolute atomic E-state index is 13.1. The molecule has 0 radical (unpaired) electrons. The Balaban J connectivity index is 1.46. The van der Waals surface area contributed by atoms with Crippen molar-refractivity contribution in [3.05, 3.63) is 80.7 Å². The second-order valence-electron chi connectivity index (χ2n) is 7.92. The van der Waals surface area contributed by atoms with Gasteiger partial charge in [-0.05, 0) is 37.3 Å². The van der Waals surface area contributed by atoms with Crippen LogP contribution in [-0.4, -0.2) is 47.7 Å². The number of carbonyl (C=O) groups is 1. The van der Waals surface area contributed by atoms with E-state index >= 15 is 0 Å². The molecule has 0 spiro atoms. The second kappa shape index (κ2) is 9.53. The molecule has 3 aromatic heterocycles. The van der Waals surface area contributed by atoms with Crippen LogP contribution in [0.4, 0.5) is 0 Å². The smallest absolute Gasteiger partial charge is 0.350 e. The minimum absolute atomic E-state index is 0.170. The minimum Gasteiger partial charge on any atom is -0.493 e. The van der Waals surface area contributed by atoms with Gasteiger partial charge >= 0.3 is 17.2 Å². The third kappa shape index (κ3) is 4.27. The molecule has 188 valence electrons. The van der Waals surface area contributed by atoms with E-state index in [-0.39, 0.29) is 5.52 Å². The molecule has 2 aromatic carbocycles. The van der Waals surface area contributed by atoms with E-state index in [0.29, 0.717) is 56.3 Å². The maximum Gasteiger partial charge on any atom is 0.350 e. The van der Waals surface area contributed by atoms with Crippen molar-refractivity contribution in [2.24, 2.45) is 5.10 Å². The van der Waals surface area contributed by atoms with E-state index in [4.69, 9.17) is 18.6 Å². The molecule has 5 aromatic rings. The monoisotopic (exact) mass is 502 g/mol.